The first-order chi connectivity index (χ1) is 9.10. The normalized spacial score (nSPS) is 11.6. The number of benzene rings is 1. The van der Waals surface area contributed by atoms with Gasteiger partial charge in [-0.3, -0.25) is 0 Å². The zero-order valence-electron chi connectivity index (χ0n) is 10.4. The maximum atomic E-state index is 9.06. The highest BCUT2D eigenvalue weighted by Crippen LogP contribution is 2.22. The van der Waals surface area contributed by atoms with Crippen LogP contribution < -0.4 is 11.1 Å². The van der Waals surface area contributed by atoms with Crippen molar-refractivity contribution in [2.24, 2.45) is 0 Å². The summed E-state index contributed by atoms with van der Waals surface area (Å²) >= 11 is 5.85. The number of nitrogens with two attached hydrogens (primary N) is 1. The topological polar surface area (TPSA) is 74.7 Å². The number of halogens is 1. The van der Waals surface area contributed by atoms with Crippen LogP contribution in [0, 0.1) is 11.3 Å². The van der Waals surface area contributed by atoms with E-state index in [1.165, 1.54) is 6.20 Å². The molecule has 4 nitrogen and oxygen atoms in total. The summed E-state index contributed by atoms with van der Waals surface area (Å²) in [5, 5.41) is 12.9. The average molecular weight is 273 g/mol. The number of pyridine rings is 1. The Morgan fingerprint density at radius 2 is 2.05 bits per heavy atom. The predicted octanol–water partition coefficient (Wildman–Crippen LogP) is 3.36. The molecule has 0 amide bonds. The van der Waals surface area contributed by atoms with Crippen LogP contribution in [0.4, 0.5) is 11.5 Å². The van der Waals surface area contributed by atoms with Gasteiger partial charge in [-0.1, -0.05) is 23.7 Å². The summed E-state index contributed by atoms with van der Waals surface area (Å²) in [6, 6.07) is 11.2. The largest absolute Gasteiger partial charge is 0.397 e. The summed E-state index contributed by atoms with van der Waals surface area (Å²) < 4.78 is 0. The molecule has 0 saturated heterocycles. The Hall–Kier alpha value is -2.25. The van der Waals surface area contributed by atoms with Gasteiger partial charge in [0.1, 0.15) is 11.9 Å². The lowest BCUT2D eigenvalue weighted by molar-refractivity contribution is 0.874. The highest BCUT2D eigenvalue weighted by atomic mass is 35.5. The molecule has 3 N–H and O–H groups in total. The Labute approximate surface area is 116 Å². The van der Waals surface area contributed by atoms with Crippen LogP contribution in [0.1, 0.15) is 24.1 Å². The molecule has 2 aromatic rings. The Balaban J connectivity index is 2.21. The fourth-order valence-electron chi connectivity index (χ4n) is 1.72. The van der Waals surface area contributed by atoms with Gasteiger partial charge in [-0.25, -0.2) is 4.98 Å². The Bertz CT molecular complexity index is 616. The van der Waals surface area contributed by atoms with Gasteiger partial charge in [0.15, 0.2) is 0 Å². The SMILES string of the molecule is CC(Nc1ncc(N)cc1C#N)c1ccc(Cl)cc1. The second-order valence-electron chi connectivity index (χ2n) is 4.19. The van der Waals surface area contributed by atoms with Crippen LogP contribution in [0.5, 0.6) is 0 Å². The predicted molar refractivity (Wildman–Crippen MR) is 76.9 cm³/mol. The molecule has 0 aliphatic carbocycles. The number of hydrogen-bond acceptors (Lipinski definition) is 4. The van der Waals surface area contributed by atoms with Gasteiger partial charge in [-0.2, -0.15) is 5.26 Å². The van der Waals surface area contributed by atoms with Gasteiger partial charge in [0.2, 0.25) is 0 Å². The molecule has 5 heteroatoms. The van der Waals surface area contributed by atoms with Crippen LogP contribution in [0.2, 0.25) is 5.02 Å². The monoisotopic (exact) mass is 272 g/mol. The number of aromatic nitrogens is 1. The number of nitrogen functional groups attached to an aromatic ring is 1. The van der Waals surface area contributed by atoms with Crippen molar-refractivity contribution < 1.29 is 0 Å². The molecule has 0 saturated carbocycles. The minimum Gasteiger partial charge on any atom is -0.397 e. The minimum atomic E-state index is 0.0143. The summed E-state index contributed by atoms with van der Waals surface area (Å²) in [4.78, 5) is 4.15. The maximum Gasteiger partial charge on any atom is 0.144 e. The lowest BCUT2D eigenvalue weighted by Crippen LogP contribution is -2.09. The van der Waals surface area contributed by atoms with Gasteiger partial charge in [-0.15, -0.1) is 0 Å². The van der Waals surface area contributed by atoms with Crippen LogP contribution in [0.15, 0.2) is 36.5 Å². The Kier molecular flexibility index (Phi) is 3.88. The molecule has 0 aliphatic rings. The molecular formula is C14H13ClN4. The van der Waals surface area contributed by atoms with E-state index in [1.54, 1.807) is 6.07 Å². The lowest BCUT2D eigenvalue weighted by Gasteiger charge is -2.16. The molecule has 1 aromatic carbocycles. The summed E-state index contributed by atoms with van der Waals surface area (Å²) in [5.74, 6) is 0.527. The van der Waals surface area contributed by atoms with Gasteiger partial charge in [0.05, 0.1) is 17.4 Å². The van der Waals surface area contributed by atoms with Crippen molar-refractivity contribution in [2.75, 3.05) is 11.1 Å². The summed E-state index contributed by atoms with van der Waals surface area (Å²) in [6.45, 7) is 1.99. The van der Waals surface area contributed by atoms with Crippen molar-refractivity contribution in [2.45, 2.75) is 13.0 Å². The molecule has 0 aliphatic heterocycles. The molecular weight excluding hydrogens is 260 g/mol. The quantitative estimate of drug-likeness (QED) is 0.898. The first-order valence-electron chi connectivity index (χ1n) is 5.78. The van der Waals surface area contributed by atoms with Gasteiger partial charge in [-0.05, 0) is 30.7 Å². The van der Waals surface area contributed by atoms with Crippen LogP contribution in [-0.2, 0) is 0 Å². The Morgan fingerprint density at radius 1 is 1.37 bits per heavy atom. The fraction of sp³-hybridized carbons (Fsp3) is 0.143. The third-order valence-electron chi connectivity index (χ3n) is 2.75. The number of hydrogen-bond donors (Lipinski definition) is 2. The second-order valence-corrected chi connectivity index (χ2v) is 4.63. The van der Waals surface area contributed by atoms with E-state index in [-0.39, 0.29) is 6.04 Å². The van der Waals surface area contributed by atoms with E-state index in [2.05, 4.69) is 16.4 Å². The van der Waals surface area contributed by atoms with E-state index < -0.39 is 0 Å². The molecule has 1 aromatic heterocycles. The van der Waals surface area contributed by atoms with Crippen molar-refractivity contribution in [1.29, 1.82) is 5.26 Å². The fourth-order valence-corrected chi connectivity index (χ4v) is 1.85. The number of anilines is 2. The van der Waals surface area contributed by atoms with Gasteiger partial charge in [0.25, 0.3) is 0 Å². The molecule has 1 unspecified atom stereocenters. The molecule has 0 fully saturated rings. The van der Waals surface area contributed by atoms with Crippen molar-refractivity contribution >= 4 is 23.1 Å². The smallest absolute Gasteiger partial charge is 0.144 e. The average Bonchev–Trinajstić information content (AvgIpc) is 2.41. The molecule has 19 heavy (non-hydrogen) atoms. The standard InChI is InChI=1S/C14H13ClN4/c1-9(10-2-4-12(15)5-3-10)19-14-11(7-16)6-13(17)8-18-14/h2-6,8-9H,17H2,1H3,(H,18,19). The molecule has 1 heterocycles. The molecule has 0 radical (unpaired) electrons. The van der Waals surface area contributed by atoms with Gasteiger partial charge < -0.3 is 11.1 Å². The summed E-state index contributed by atoms with van der Waals surface area (Å²) in [6.07, 6.45) is 1.53. The van der Waals surface area contributed by atoms with Crippen molar-refractivity contribution in [3.8, 4) is 6.07 Å². The summed E-state index contributed by atoms with van der Waals surface area (Å²) in [5.41, 5.74) is 7.57. The van der Waals surface area contributed by atoms with Crippen LogP contribution >= 0.6 is 11.6 Å². The van der Waals surface area contributed by atoms with E-state index in [1.807, 2.05) is 31.2 Å². The number of nitrogens with one attached hydrogen (secondary N) is 1. The van der Waals surface area contributed by atoms with Crippen LogP contribution in [0.3, 0.4) is 0 Å². The van der Waals surface area contributed by atoms with Crippen molar-refractivity contribution in [3.63, 3.8) is 0 Å². The van der Waals surface area contributed by atoms with E-state index in [9.17, 15) is 0 Å². The van der Waals surface area contributed by atoms with E-state index >= 15 is 0 Å². The first kappa shape index (κ1) is 13.2. The van der Waals surface area contributed by atoms with E-state index in [0.29, 0.717) is 22.1 Å². The van der Waals surface area contributed by atoms with Gasteiger partial charge in [0, 0.05) is 11.1 Å². The van der Waals surface area contributed by atoms with Crippen LogP contribution in [-0.4, -0.2) is 4.98 Å². The zero-order valence-corrected chi connectivity index (χ0v) is 11.1. The number of nitrogens with zero attached hydrogens (tertiary/aromatic N) is 2. The van der Waals surface area contributed by atoms with Crippen molar-refractivity contribution in [1.82, 2.24) is 4.98 Å². The molecule has 0 bridgehead atoms. The first-order valence-corrected chi connectivity index (χ1v) is 6.15. The van der Waals surface area contributed by atoms with Crippen molar-refractivity contribution in [3.05, 3.63) is 52.7 Å². The number of rotatable bonds is 3. The maximum absolute atomic E-state index is 9.06. The molecule has 2 rings (SSSR count). The van der Waals surface area contributed by atoms with Crippen LogP contribution in [0.25, 0.3) is 0 Å². The van der Waals surface area contributed by atoms with E-state index in [0.717, 1.165) is 5.56 Å². The number of nitriles is 1. The second kappa shape index (κ2) is 5.59. The molecule has 1 atom stereocenters. The lowest BCUT2D eigenvalue weighted by atomic mass is 10.1. The highest BCUT2D eigenvalue weighted by molar-refractivity contribution is 6.30. The third kappa shape index (κ3) is 3.15. The Morgan fingerprint density at radius 3 is 2.68 bits per heavy atom. The highest BCUT2D eigenvalue weighted by Gasteiger charge is 2.09. The van der Waals surface area contributed by atoms with E-state index in [4.69, 9.17) is 22.6 Å². The molecule has 96 valence electrons. The zero-order chi connectivity index (χ0) is 13.8. The summed E-state index contributed by atoms with van der Waals surface area (Å²) in [7, 11) is 0. The minimum absolute atomic E-state index is 0.0143. The van der Waals surface area contributed by atoms with Gasteiger partial charge >= 0.3 is 0 Å². The molecule has 0 spiro atoms. The third-order valence-corrected chi connectivity index (χ3v) is 3.00.